The van der Waals surface area contributed by atoms with Crippen molar-refractivity contribution in [1.29, 1.82) is 0 Å². The molecule has 0 fully saturated rings. The fourth-order valence-corrected chi connectivity index (χ4v) is 2.14. The van der Waals surface area contributed by atoms with Crippen LogP contribution in [0.4, 0.5) is 0 Å². The Morgan fingerprint density at radius 3 is 1.78 bits per heavy atom. The summed E-state index contributed by atoms with van der Waals surface area (Å²) in [7, 11) is 0. The Morgan fingerprint density at radius 1 is 0.889 bits per heavy atom. The van der Waals surface area contributed by atoms with Gasteiger partial charge in [0, 0.05) is 6.42 Å². The zero-order valence-corrected chi connectivity index (χ0v) is 12.2. The molecule has 0 saturated heterocycles. The van der Waals surface area contributed by atoms with E-state index in [1.165, 1.54) is 57.8 Å². The second kappa shape index (κ2) is 14.3. The van der Waals surface area contributed by atoms with Crippen LogP contribution >= 0.6 is 0 Å². The molecule has 0 aliphatic heterocycles. The molecule has 0 aromatic rings. The predicted octanol–water partition coefficient (Wildman–Crippen LogP) is 5.60. The summed E-state index contributed by atoms with van der Waals surface area (Å²) >= 11 is 0. The molecule has 0 radical (unpaired) electrons. The van der Waals surface area contributed by atoms with Gasteiger partial charge in [-0.3, -0.25) is 0 Å². The maximum atomic E-state index is 10.7. The summed E-state index contributed by atoms with van der Waals surface area (Å²) in [4.78, 5) is 10.7. The van der Waals surface area contributed by atoms with Gasteiger partial charge in [-0.2, -0.15) is 0 Å². The third-order valence-electron chi connectivity index (χ3n) is 3.27. The smallest absolute Gasteiger partial charge is 0.129 e. The van der Waals surface area contributed by atoms with Crippen LogP contribution in [0.2, 0.25) is 0 Å². The number of hydrogen-bond donors (Lipinski definition) is 0. The maximum Gasteiger partial charge on any atom is 0.129 e. The van der Waals surface area contributed by atoms with Gasteiger partial charge in [-0.15, -0.1) is 5.73 Å². The first kappa shape index (κ1) is 17.2. The summed E-state index contributed by atoms with van der Waals surface area (Å²) in [5.41, 5.74) is 2.81. The molecule has 0 aromatic heterocycles. The normalized spacial score (nSPS) is 10.1. The number of ketones is 1. The van der Waals surface area contributed by atoms with E-state index >= 15 is 0 Å². The first-order valence-corrected chi connectivity index (χ1v) is 7.61. The van der Waals surface area contributed by atoms with E-state index < -0.39 is 0 Å². The van der Waals surface area contributed by atoms with Crippen molar-refractivity contribution < 1.29 is 4.79 Å². The SMILES string of the molecule is C=C=CCCCCCCCCCCCCC(C)=O. The van der Waals surface area contributed by atoms with Crippen LogP contribution in [0, 0.1) is 0 Å². The van der Waals surface area contributed by atoms with Crippen LogP contribution in [0.15, 0.2) is 18.4 Å². The molecule has 0 bridgehead atoms. The first-order valence-electron chi connectivity index (χ1n) is 7.61. The van der Waals surface area contributed by atoms with Gasteiger partial charge in [0.25, 0.3) is 0 Å². The molecule has 1 heteroatoms. The van der Waals surface area contributed by atoms with Crippen LogP contribution < -0.4 is 0 Å². The summed E-state index contributed by atoms with van der Waals surface area (Å²) in [6.07, 6.45) is 17.0. The molecule has 0 saturated carbocycles. The van der Waals surface area contributed by atoms with Crippen LogP contribution in [-0.4, -0.2) is 5.78 Å². The van der Waals surface area contributed by atoms with Crippen molar-refractivity contribution in [3.05, 3.63) is 18.4 Å². The number of carbonyl (C=O) groups is 1. The number of hydrogen-bond acceptors (Lipinski definition) is 1. The van der Waals surface area contributed by atoms with E-state index in [1.54, 1.807) is 6.92 Å². The molecule has 0 unspecified atom stereocenters. The van der Waals surface area contributed by atoms with Crippen molar-refractivity contribution in [3.63, 3.8) is 0 Å². The molecule has 0 amide bonds. The van der Waals surface area contributed by atoms with Gasteiger partial charge in [-0.1, -0.05) is 57.9 Å². The van der Waals surface area contributed by atoms with Crippen LogP contribution in [-0.2, 0) is 4.79 Å². The Morgan fingerprint density at radius 2 is 1.33 bits per heavy atom. The lowest BCUT2D eigenvalue weighted by atomic mass is 10.0. The van der Waals surface area contributed by atoms with E-state index in [-0.39, 0.29) is 0 Å². The van der Waals surface area contributed by atoms with Crippen molar-refractivity contribution in [2.75, 3.05) is 0 Å². The Labute approximate surface area is 113 Å². The first-order chi connectivity index (χ1) is 8.77. The number of allylic oxidation sites excluding steroid dienone is 1. The van der Waals surface area contributed by atoms with Gasteiger partial charge < -0.3 is 4.79 Å². The minimum absolute atomic E-state index is 0.335. The molecular weight excluding hydrogens is 220 g/mol. The van der Waals surface area contributed by atoms with E-state index in [0.717, 1.165) is 19.3 Å². The molecule has 1 nitrogen and oxygen atoms in total. The molecule has 0 rings (SSSR count). The molecule has 18 heavy (non-hydrogen) atoms. The fourth-order valence-electron chi connectivity index (χ4n) is 2.14. The zero-order valence-electron chi connectivity index (χ0n) is 12.2. The highest BCUT2D eigenvalue weighted by molar-refractivity contribution is 5.75. The lowest BCUT2D eigenvalue weighted by Crippen LogP contribution is -1.89. The highest BCUT2D eigenvalue weighted by Crippen LogP contribution is 2.12. The number of unbranched alkanes of at least 4 members (excludes halogenated alkanes) is 10. The number of carbonyl (C=O) groups excluding carboxylic acids is 1. The Kier molecular flexibility index (Phi) is 13.6. The summed E-state index contributed by atoms with van der Waals surface area (Å²) < 4.78 is 0. The van der Waals surface area contributed by atoms with Gasteiger partial charge in [0.1, 0.15) is 5.78 Å². The second-order valence-corrected chi connectivity index (χ2v) is 5.18. The van der Waals surface area contributed by atoms with Crippen molar-refractivity contribution in [1.82, 2.24) is 0 Å². The van der Waals surface area contributed by atoms with E-state index in [0.29, 0.717) is 5.78 Å². The lowest BCUT2D eigenvalue weighted by Gasteiger charge is -2.01. The Bertz CT molecular complexity index is 224. The van der Waals surface area contributed by atoms with E-state index in [4.69, 9.17) is 0 Å². The summed E-state index contributed by atoms with van der Waals surface area (Å²) in [6.45, 7) is 5.25. The quantitative estimate of drug-likeness (QED) is 0.307. The van der Waals surface area contributed by atoms with Crippen LogP contribution in [0.1, 0.15) is 84.0 Å². The van der Waals surface area contributed by atoms with Gasteiger partial charge in [-0.25, -0.2) is 0 Å². The largest absolute Gasteiger partial charge is 0.300 e. The van der Waals surface area contributed by atoms with Gasteiger partial charge in [0.2, 0.25) is 0 Å². The molecule has 0 heterocycles. The topological polar surface area (TPSA) is 17.1 Å². The van der Waals surface area contributed by atoms with Gasteiger partial charge in [-0.05, 0) is 32.3 Å². The van der Waals surface area contributed by atoms with Crippen molar-refractivity contribution in [2.24, 2.45) is 0 Å². The summed E-state index contributed by atoms with van der Waals surface area (Å²) in [5.74, 6) is 0.335. The highest BCUT2D eigenvalue weighted by Gasteiger charge is 1.95. The molecule has 104 valence electrons. The third-order valence-corrected chi connectivity index (χ3v) is 3.27. The molecule has 0 atom stereocenters. The number of Topliss-reactive ketones (excluding diaryl/α,β-unsaturated/α-hetero) is 1. The zero-order chi connectivity index (χ0) is 13.5. The average molecular weight is 250 g/mol. The van der Waals surface area contributed by atoms with Gasteiger partial charge in [0.05, 0.1) is 0 Å². The van der Waals surface area contributed by atoms with Crippen LogP contribution in [0.5, 0.6) is 0 Å². The Balaban J connectivity index is 2.98. The predicted molar refractivity (Wildman–Crippen MR) is 79.8 cm³/mol. The molecular formula is C17H30O. The Hall–Kier alpha value is -0.810. The lowest BCUT2D eigenvalue weighted by molar-refractivity contribution is -0.117. The minimum Gasteiger partial charge on any atom is -0.300 e. The monoisotopic (exact) mass is 250 g/mol. The summed E-state index contributed by atoms with van der Waals surface area (Å²) in [5, 5.41) is 0. The molecule has 0 spiro atoms. The highest BCUT2D eigenvalue weighted by atomic mass is 16.1. The van der Waals surface area contributed by atoms with Gasteiger partial charge >= 0.3 is 0 Å². The van der Waals surface area contributed by atoms with E-state index in [1.807, 2.05) is 6.08 Å². The van der Waals surface area contributed by atoms with Crippen molar-refractivity contribution >= 4 is 5.78 Å². The van der Waals surface area contributed by atoms with E-state index in [9.17, 15) is 4.79 Å². The summed E-state index contributed by atoms with van der Waals surface area (Å²) in [6, 6.07) is 0. The standard InChI is InChI=1S/C17H30O/c1-3-4-5-6-7-8-9-10-11-12-13-14-15-16-17(2)18/h4H,1,5-16H2,2H3. The van der Waals surface area contributed by atoms with Gasteiger partial charge in [0.15, 0.2) is 0 Å². The van der Waals surface area contributed by atoms with E-state index in [2.05, 4.69) is 12.3 Å². The second-order valence-electron chi connectivity index (χ2n) is 5.18. The molecule has 0 aliphatic carbocycles. The van der Waals surface area contributed by atoms with Crippen LogP contribution in [0.3, 0.4) is 0 Å². The molecule has 0 aliphatic rings. The molecule has 0 aromatic carbocycles. The average Bonchev–Trinajstić information content (AvgIpc) is 2.34. The van der Waals surface area contributed by atoms with Crippen LogP contribution in [0.25, 0.3) is 0 Å². The van der Waals surface area contributed by atoms with Crippen molar-refractivity contribution in [2.45, 2.75) is 84.0 Å². The minimum atomic E-state index is 0.335. The van der Waals surface area contributed by atoms with Crippen molar-refractivity contribution in [3.8, 4) is 0 Å². The molecule has 0 N–H and O–H groups in total. The number of rotatable bonds is 13. The maximum absolute atomic E-state index is 10.7. The third kappa shape index (κ3) is 15.2. The fraction of sp³-hybridized carbons (Fsp3) is 0.765.